The number of nitrogen functional groups attached to an aromatic ring is 1. The summed E-state index contributed by atoms with van der Waals surface area (Å²) in [7, 11) is 0. The van der Waals surface area contributed by atoms with Crippen LogP contribution in [0.1, 0.15) is 5.69 Å². The van der Waals surface area contributed by atoms with Crippen molar-refractivity contribution in [3.05, 3.63) is 54.6 Å². The van der Waals surface area contributed by atoms with Gasteiger partial charge in [-0.2, -0.15) is 0 Å². The zero-order valence-corrected chi connectivity index (χ0v) is 10.5. The molecular weight excluding hydrogens is 238 g/mol. The van der Waals surface area contributed by atoms with Gasteiger partial charge in [-0.3, -0.25) is 9.97 Å². The van der Waals surface area contributed by atoms with E-state index in [2.05, 4.69) is 9.97 Å². The molecule has 4 heteroatoms. The lowest BCUT2D eigenvalue weighted by Crippen LogP contribution is -1.94. The number of pyridine rings is 2. The summed E-state index contributed by atoms with van der Waals surface area (Å²) in [5, 5.41) is 1.93. The third-order valence-corrected chi connectivity index (χ3v) is 2.93. The molecule has 0 radical (unpaired) electrons. The number of aromatic nitrogens is 2. The van der Waals surface area contributed by atoms with Crippen molar-refractivity contribution in [2.45, 2.75) is 6.92 Å². The van der Waals surface area contributed by atoms with Crippen LogP contribution >= 0.6 is 0 Å². The standard InChI is InChI=1S/C15H13N3O/c1-10-2-4-12(9-18-10)19-14-5-3-11-8-17-7-6-13(11)15(14)16/h2-9H,16H2,1H3. The van der Waals surface area contributed by atoms with Gasteiger partial charge in [-0.25, -0.2) is 0 Å². The minimum absolute atomic E-state index is 0.612. The smallest absolute Gasteiger partial charge is 0.151 e. The number of ether oxygens (including phenoxy) is 1. The van der Waals surface area contributed by atoms with E-state index in [1.165, 1.54) is 0 Å². The highest BCUT2D eigenvalue weighted by molar-refractivity contribution is 5.95. The largest absolute Gasteiger partial charge is 0.454 e. The van der Waals surface area contributed by atoms with E-state index in [1.54, 1.807) is 18.6 Å². The van der Waals surface area contributed by atoms with Gasteiger partial charge in [0.25, 0.3) is 0 Å². The third-order valence-electron chi connectivity index (χ3n) is 2.93. The zero-order chi connectivity index (χ0) is 13.2. The summed E-state index contributed by atoms with van der Waals surface area (Å²) in [6, 6.07) is 9.44. The molecule has 0 atom stereocenters. The van der Waals surface area contributed by atoms with Crippen molar-refractivity contribution in [2.75, 3.05) is 5.73 Å². The Balaban J connectivity index is 2.01. The SMILES string of the molecule is Cc1ccc(Oc2ccc3cnccc3c2N)cn1. The minimum atomic E-state index is 0.612. The van der Waals surface area contributed by atoms with Gasteiger partial charge in [-0.05, 0) is 37.3 Å². The lowest BCUT2D eigenvalue weighted by atomic mass is 10.1. The van der Waals surface area contributed by atoms with Crippen LogP contribution in [0.4, 0.5) is 5.69 Å². The number of hydrogen-bond acceptors (Lipinski definition) is 4. The maximum absolute atomic E-state index is 6.12. The lowest BCUT2D eigenvalue weighted by Gasteiger charge is -2.10. The fraction of sp³-hybridized carbons (Fsp3) is 0.0667. The van der Waals surface area contributed by atoms with Crippen LogP contribution in [0.5, 0.6) is 11.5 Å². The van der Waals surface area contributed by atoms with Crippen LogP contribution < -0.4 is 10.5 Å². The van der Waals surface area contributed by atoms with E-state index < -0.39 is 0 Å². The first-order valence-electron chi connectivity index (χ1n) is 5.97. The number of aryl methyl sites for hydroxylation is 1. The van der Waals surface area contributed by atoms with E-state index in [9.17, 15) is 0 Å². The first-order valence-corrected chi connectivity index (χ1v) is 5.97. The summed E-state index contributed by atoms with van der Waals surface area (Å²) in [6.45, 7) is 1.93. The molecule has 4 nitrogen and oxygen atoms in total. The van der Waals surface area contributed by atoms with E-state index in [1.807, 2.05) is 37.3 Å². The number of anilines is 1. The molecule has 2 heterocycles. The Morgan fingerprint density at radius 1 is 1.05 bits per heavy atom. The van der Waals surface area contributed by atoms with Crippen LogP contribution in [0.15, 0.2) is 48.9 Å². The summed E-state index contributed by atoms with van der Waals surface area (Å²) in [4.78, 5) is 8.26. The Morgan fingerprint density at radius 2 is 1.95 bits per heavy atom. The van der Waals surface area contributed by atoms with Gasteiger partial charge in [0.1, 0.15) is 5.75 Å². The quantitative estimate of drug-likeness (QED) is 0.710. The highest BCUT2D eigenvalue weighted by Gasteiger charge is 2.06. The lowest BCUT2D eigenvalue weighted by molar-refractivity contribution is 0.483. The number of nitrogens with two attached hydrogens (primary N) is 1. The second kappa shape index (κ2) is 4.57. The van der Waals surface area contributed by atoms with Gasteiger partial charge in [0.05, 0.1) is 11.9 Å². The average Bonchev–Trinajstić information content (AvgIpc) is 2.45. The van der Waals surface area contributed by atoms with Crippen molar-refractivity contribution in [3.8, 4) is 11.5 Å². The van der Waals surface area contributed by atoms with Crippen LogP contribution in [-0.2, 0) is 0 Å². The van der Waals surface area contributed by atoms with Gasteiger partial charge in [0, 0.05) is 28.9 Å². The summed E-state index contributed by atoms with van der Waals surface area (Å²) in [6.07, 6.45) is 5.18. The van der Waals surface area contributed by atoms with E-state index in [0.29, 0.717) is 17.2 Å². The molecule has 0 aliphatic carbocycles. The van der Waals surface area contributed by atoms with Crippen LogP contribution in [0.3, 0.4) is 0 Å². The molecule has 0 unspecified atom stereocenters. The highest BCUT2D eigenvalue weighted by atomic mass is 16.5. The molecule has 2 aromatic heterocycles. The maximum atomic E-state index is 6.12. The summed E-state index contributed by atoms with van der Waals surface area (Å²) in [5.41, 5.74) is 7.68. The fourth-order valence-electron chi connectivity index (χ4n) is 1.90. The molecule has 0 amide bonds. The fourth-order valence-corrected chi connectivity index (χ4v) is 1.90. The summed E-state index contributed by atoms with van der Waals surface area (Å²) >= 11 is 0. The van der Waals surface area contributed by atoms with Gasteiger partial charge in [-0.15, -0.1) is 0 Å². The molecule has 0 aliphatic heterocycles. The number of nitrogens with zero attached hydrogens (tertiary/aromatic N) is 2. The Morgan fingerprint density at radius 3 is 2.74 bits per heavy atom. The van der Waals surface area contributed by atoms with Crippen LogP contribution in [0.2, 0.25) is 0 Å². The molecule has 0 aliphatic rings. The monoisotopic (exact) mass is 251 g/mol. The van der Waals surface area contributed by atoms with Crippen LogP contribution in [0.25, 0.3) is 10.8 Å². The van der Waals surface area contributed by atoms with E-state index in [-0.39, 0.29) is 0 Å². The van der Waals surface area contributed by atoms with Crippen LogP contribution in [-0.4, -0.2) is 9.97 Å². The molecule has 0 saturated heterocycles. The molecule has 3 aromatic rings. The van der Waals surface area contributed by atoms with E-state index >= 15 is 0 Å². The Hall–Kier alpha value is -2.62. The summed E-state index contributed by atoms with van der Waals surface area (Å²) in [5.74, 6) is 1.30. The normalized spacial score (nSPS) is 10.6. The highest BCUT2D eigenvalue weighted by Crippen LogP contribution is 2.32. The van der Waals surface area contributed by atoms with Gasteiger partial charge in [0.2, 0.25) is 0 Å². The minimum Gasteiger partial charge on any atom is -0.454 e. The predicted molar refractivity (Wildman–Crippen MR) is 75.2 cm³/mol. The molecule has 0 fully saturated rings. The first-order chi connectivity index (χ1) is 9.24. The Bertz CT molecular complexity index is 723. The molecular formula is C15H13N3O. The van der Waals surface area contributed by atoms with Gasteiger partial charge >= 0.3 is 0 Å². The Kier molecular flexibility index (Phi) is 2.76. The third kappa shape index (κ3) is 2.20. The second-order valence-electron chi connectivity index (χ2n) is 4.31. The number of rotatable bonds is 2. The number of benzene rings is 1. The topological polar surface area (TPSA) is 61.0 Å². The molecule has 2 N–H and O–H groups in total. The van der Waals surface area contributed by atoms with Gasteiger partial charge < -0.3 is 10.5 Å². The molecule has 0 bridgehead atoms. The number of fused-ring (bicyclic) bond motifs is 1. The molecule has 19 heavy (non-hydrogen) atoms. The molecule has 94 valence electrons. The molecule has 3 rings (SSSR count). The first kappa shape index (κ1) is 11.5. The Labute approximate surface area is 110 Å². The second-order valence-corrected chi connectivity index (χ2v) is 4.31. The van der Waals surface area contributed by atoms with Crippen molar-refractivity contribution < 1.29 is 4.74 Å². The van der Waals surface area contributed by atoms with E-state index in [4.69, 9.17) is 10.5 Å². The maximum Gasteiger partial charge on any atom is 0.151 e. The zero-order valence-electron chi connectivity index (χ0n) is 10.5. The number of hydrogen-bond donors (Lipinski definition) is 1. The van der Waals surface area contributed by atoms with Crippen molar-refractivity contribution in [1.29, 1.82) is 0 Å². The van der Waals surface area contributed by atoms with E-state index in [0.717, 1.165) is 16.5 Å². The van der Waals surface area contributed by atoms with Crippen molar-refractivity contribution in [1.82, 2.24) is 9.97 Å². The van der Waals surface area contributed by atoms with Crippen LogP contribution in [0, 0.1) is 6.92 Å². The molecule has 0 saturated carbocycles. The van der Waals surface area contributed by atoms with Crippen molar-refractivity contribution >= 4 is 16.5 Å². The van der Waals surface area contributed by atoms with Crippen molar-refractivity contribution in [3.63, 3.8) is 0 Å². The predicted octanol–water partition coefficient (Wildman–Crippen LogP) is 3.31. The van der Waals surface area contributed by atoms with Crippen molar-refractivity contribution in [2.24, 2.45) is 0 Å². The molecule has 0 spiro atoms. The average molecular weight is 251 g/mol. The molecule has 1 aromatic carbocycles. The summed E-state index contributed by atoms with van der Waals surface area (Å²) < 4.78 is 5.76. The van der Waals surface area contributed by atoms with Gasteiger partial charge in [-0.1, -0.05) is 0 Å². The van der Waals surface area contributed by atoms with Gasteiger partial charge in [0.15, 0.2) is 5.75 Å².